The third-order valence-corrected chi connectivity index (χ3v) is 3.24. The number of hydrogen-bond acceptors (Lipinski definition) is 4. The zero-order chi connectivity index (χ0) is 12.4. The van der Waals surface area contributed by atoms with Crippen molar-refractivity contribution in [1.82, 2.24) is 10.2 Å². The summed E-state index contributed by atoms with van der Waals surface area (Å²) >= 11 is 1.72. The minimum Gasteiger partial charge on any atom is -0.353 e. The largest absolute Gasteiger partial charge is 0.353 e. The lowest BCUT2D eigenvalue weighted by atomic mass is 10.2. The van der Waals surface area contributed by atoms with Gasteiger partial charge in [0.2, 0.25) is 5.91 Å². The summed E-state index contributed by atoms with van der Waals surface area (Å²) in [6, 6.07) is -0.357. The molecule has 0 saturated heterocycles. The standard InChI is InChI=1S/C11H25N3OS/c1-4-14(5-2)8-7-13-11(15)10(12)6-9-16-3/h10H,4-9,12H2,1-3H3,(H,13,15)/t10-/m0/s1. The summed E-state index contributed by atoms with van der Waals surface area (Å²) in [4.78, 5) is 13.8. The van der Waals surface area contributed by atoms with Gasteiger partial charge in [-0.05, 0) is 31.5 Å². The van der Waals surface area contributed by atoms with E-state index in [1.807, 2.05) is 6.26 Å². The second-order valence-electron chi connectivity index (χ2n) is 3.71. The zero-order valence-electron chi connectivity index (χ0n) is 10.7. The smallest absolute Gasteiger partial charge is 0.236 e. The predicted molar refractivity (Wildman–Crippen MR) is 71.8 cm³/mol. The van der Waals surface area contributed by atoms with Gasteiger partial charge in [0.15, 0.2) is 0 Å². The molecular formula is C11H25N3OS. The van der Waals surface area contributed by atoms with E-state index in [1.54, 1.807) is 11.8 Å². The van der Waals surface area contributed by atoms with E-state index < -0.39 is 0 Å². The maximum atomic E-state index is 11.5. The van der Waals surface area contributed by atoms with E-state index in [2.05, 4.69) is 24.1 Å². The van der Waals surface area contributed by atoms with Crippen LogP contribution in [0, 0.1) is 0 Å². The number of rotatable bonds is 9. The van der Waals surface area contributed by atoms with E-state index in [9.17, 15) is 4.79 Å². The lowest BCUT2D eigenvalue weighted by Crippen LogP contribution is -2.43. The number of nitrogens with one attached hydrogen (secondary N) is 1. The summed E-state index contributed by atoms with van der Waals surface area (Å²) in [5.41, 5.74) is 5.75. The summed E-state index contributed by atoms with van der Waals surface area (Å²) < 4.78 is 0. The number of carbonyl (C=O) groups is 1. The number of amides is 1. The van der Waals surface area contributed by atoms with Crippen LogP contribution < -0.4 is 11.1 Å². The van der Waals surface area contributed by atoms with Gasteiger partial charge < -0.3 is 16.0 Å². The number of carbonyl (C=O) groups excluding carboxylic acids is 1. The fourth-order valence-electron chi connectivity index (χ4n) is 1.38. The van der Waals surface area contributed by atoms with Crippen LogP contribution in [0.5, 0.6) is 0 Å². The van der Waals surface area contributed by atoms with Gasteiger partial charge in [0, 0.05) is 13.1 Å². The van der Waals surface area contributed by atoms with Gasteiger partial charge in [-0.15, -0.1) is 0 Å². The van der Waals surface area contributed by atoms with Crippen molar-refractivity contribution in [3.63, 3.8) is 0 Å². The lowest BCUT2D eigenvalue weighted by molar-refractivity contribution is -0.122. The summed E-state index contributed by atoms with van der Waals surface area (Å²) in [5, 5.41) is 2.88. The van der Waals surface area contributed by atoms with Crippen molar-refractivity contribution < 1.29 is 4.79 Å². The number of nitrogens with two attached hydrogens (primary N) is 1. The first-order valence-electron chi connectivity index (χ1n) is 5.90. The van der Waals surface area contributed by atoms with Crippen molar-refractivity contribution >= 4 is 17.7 Å². The molecule has 0 rings (SSSR count). The molecular weight excluding hydrogens is 222 g/mol. The lowest BCUT2D eigenvalue weighted by Gasteiger charge is -2.19. The quantitative estimate of drug-likeness (QED) is 0.624. The van der Waals surface area contributed by atoms with Crippen molar-refractivity contribution in [2.45, 2.75) is 26.3 Å². The summed E-state index contributed by atoms with van der Waals surface area (Å²) in [6.45, 7) is 7.86. The predicted octanol–water partition coefficient (Wildman–Crippen LogP) is 0.525. The molecule has 0 unspecified atom stereocenters. The summed E-state index contributed by atoms with van der Waals surface area (Å²) in [6.07, 6.45) is 2.77. The fourth-order valence-corrected chi connectivity index (χ4v) is 1.87. The van der Waals surface area contributed by atoms with Crippen LogP contribution in [-0.2, 0) is 4.79 Å². The maximum Gasteiger partial charge on any atom is 0.236 e. The molecule has 0 aromatic carbocycles. The monoisotopic (exact) mass is 247 g/mol. The molecule has 1 atom stereocenters. The molecule has 4 nitrogen and oxygen atoms in total. The molecule has 0 aliphatic heterocycles. The van der Waals surface area contributed by atoms with Crippen molar-refractivity contribution in [1.29, 1.82) is 0 Å². The van der Waals surface area contributed by atoms with Crippen LogP contribution in [0.2, 0.25) is 0 Å². The topological polar surface area (TPSA) is 58.4 Å². The number of likely N-dealkylation sites (N-methyl/N-ethyl adjacent to an activating group) is 1. The highest BCUT2D eigenvalue weighted by molar-refractivity contribution is 7.98. The molecule has 16 heavy (non-hydrogen) atoms. The number of hydrogen-bond donors (Lipinski definition) is 2. The highest BCUT2D eigenvalue weighted by atomic mass is 32.2. The molecule has 0 heterocycles. The first kappa shape index (κ1) is 15.7. The normalized spacial score (nSPS) is 12.8. The second kappa shape index (κ2) is 9.93. The third kappa shape index (κ3) is 7.09. The Morgan fingerprint density at radius 1 is 1.44 bits per heavy atom. The van der Waals surface area contributed by atoms with Gasteiger partial charge in [0.25, 0.3) is 0 Å². The maximum absolute atomic E-state index is 11.5. The molecule has 0 bridgehead atoms. The molecule has 0 radical (unpaired) electrons. The average Bonchev–Trinajstić information content (AvgIpc) is 2.31. The van der Waals surface area contributed by atoms with Crippen molar-refractivity contribution in [3.05, 3.63) is 0 Å². The van der Waals surface area contributed by atoms with E-state index in [4.69, 9.17) is 5.73 Å². The van der Waals surface area contributed by atoms with Gasteiger partial charge in [0.05, 0.1) is 6.04 Å². The molecule has 3 N–H and O–H groups in total. The fraction of sp³-hybridized carbons (Fsp3) is 0.909. The highest BCUT2D eigenvalue weighted by Gasteiger charge is 2.12. The molecule has 0 aromatic rings. The summed E-state index contributed by atoms with van der Waals surface area (Å²) in [7, 11) is 0. The molecule has 96 valence electrons. The second-order valence-corrected chi connectivity index (χ2v) is 4.69. The van der Waals surface area contributed by atoms with E-state index in [1.165, 1.54) is 0 Å². The van der Waals surface area contributed by atoms with E-state index >= 15 is 0 Å². The van der Waals surface area contributed by atoms with Crippen LogP contribution in [0.3, 0.4) is 0 Å². The Labute approximate surface area is 103 Å². The van der Waals surface area contributed by atoms with Gasteiger partial charge in [-0.25, -0.2) is 0 Å². The van der Waals surface area contributed by atoms with Crippen LogP contribution in [-0.4, -0.2) is 55.0 Å². The van der Waals surface area contributed by atoms with Crippen molar-refractivity contribution in [2.75, 3.05) is 38.2 Å². The molecule has 0 saturated carbocycles. The molecule has 0 aliphatic carbocycles. The van der Waals surface area contributed by atoms with E-state index in [-0.39, 0.29) is 11.9 Å². The van der Waals surface area contributed by atoms with Crippen molar-refractivity contribution in [3.8, 4) is 0 Å². The van der Waals surface area contributed by atoms with Crippen LogP contribution in [0.1, 0.15) is 20.3 Å². The van der Waals surface area contributed by atoms with Crippen LogP contribution in [0.4, 0.5) is 0 Å². The molecule has 0 aliphatic rings. The van der Waals surface area contributed by atoms with Gasteiger partial charge >= 0.3 is 0 Å². The van der Waals surface area contributed by atoms with Gasteiger partial charge in [-0.3, -0.25) is 4.79 Å². The van der Waals surface area contributed by atoms with Gasteiger partial charge in [-0.1, -0.05) is 13.8 Å². The third-order valence-electron chi connectivity index (χ3n) is 2.59. The average molecular weight is 247 g/mol. The first-order valence-corrected chi connectivity index (χ1v) is 7.29. The Kier molecular flexibility index (Phi) is 9.77. The molecule has 0 spiro atoms. The SMILES string of the molecule is CCN(CC)CCNC(=O)[C@@H](N)CCSC. The first-order chi connectivity index (χ1) is 7.65. The van der Waals surface area contributed by atoms with Crippen LogP contribution in [0.25, 0.3) is 0 Å². The van der Waals surface area contributed by atoms with E-state index in [0.29, 0.717) is 6.54 Å². The van der Waals surface area contributed by atoms with Gasteiger partial charge in [0.1, 0.15) is 0 Å². The molecule has 5 heteroatoms. The van der Waals surface area contributed by atoms with Crippen LogP contribution in [0.15, 0.2) is 0 Å². The van der Waals surface area contributed by atoms with Gasteiger partial charge in [-0.2, -0.15) is 11.8 Å². The minimum absolute atomic E-state index is 0.0267. The Balaban J connectivity index is 3.63. The summed E-state index contributed by atoms with van der Waals surface area (Å²) in [5.74, 6) is 0.908. The molecule has 0 aromatic heterocycles. The highest BCUT2D eigenvalue weighted by Crippen LogP contribution is 1.98. The Hall–Kier alpha value is -0.260. The Bertz CT molecular complexity index is 186. The number of nitrogens with zero attached hydrogens (tertiary/aromatic N) is 1. The Morgan fingerprint density at radius 2 is 2.06 bits per heavy atom. The molecule has 1 amide bonds. The molecule has 0 fully saturated rings. The minimum atomic E-state index is -0.357. The zero-order valence-corrected chi connectivity index (χ0v) is 11.5. The number of thioether (sulfide) groups is 1. The van der Waals surface area contributed by atoms with Crippen molar-refractivity contribution in [2.24, 2.45) is 5.73 Å². The van der Waals surface area contributed by atoms with E-state index in [0.717, 1.165) is 31.8 Å². The van der Waals surface area contributed by atoms with Crippen LogP contribution >= 0.6 is 11.8 Å². The Morgan fingerprint density at radius 3 is 2.56 bits per heavy atom.